The third-order valence-corrected chi connectivity index (χ3v) is 5.23. The summed E-state index contributed by atoms with van der Waals surface area (Å²) in [5, 5.41) is 3.00. The molecule has 0 radical (unpaired) electrons. The van der Waals surface area contributed by atoms with E-state index < -0.39 is 0 Å². The number of para-hydroxylation sites is 1. The first-order valence-corrected chi connectivity index (χ1v) is 9.84. The molecule has 7 heteroatoms. The number of nitrogens with one attached hydrogen (secondary N) is 1. The first-order chi connectivity index (χ1) is 14.1. The van der Waals surface area contributed by atoms with Crippen LogP contribution in [0.15, 0.2) is 42.6 Å². The highest BCUT2D eigenvalue weighted by Crippen LogP contribution is 2.23. The summed E-state index contributed by atoms with van der Waals surface area (Å²) in [5.74, 6) is -0.320. The van der Waals surface area contributed by atoms with Crippen molar-refractivity contribution in [3.05, 3.63) is 65.2 Å². The van der Waals surface area contributed by atoms with Crippen LogP contribution in [-0.2, 0) is 11.2 Å². The monoisotopic (exact) mass is 392 g/mol. The summed E-state index contributed by atoms with van der Waals surface area (Å²) in [6.07, 6.45) is 2.56. The zero-order valence-corrected chi connectivity index (χ0v) is 16.6. The molecule has 1 aliphatic heterocycles. The Morgan fingerprint density at radius 3 is 2.69 bits per heavy atom. The third-order valence-electron chi connectivity index (χ3n) is 5.23. The van der Waals surface area contributed by atoms with Crippen LogP contribution in [-0.4, -0.2) is 52.4 Å². The standard InChI is InChI=1S/C22H24N4O3/c1-3-16-8-6-7-15(2)18(16)24-21(27)20-23-19(17-9-4-5-10-26(17)20)22(28)25-11-13-29-14-12-25/h4-10H,3,11-14H2,1-2H3,(H,24,27). The van der Waals surface area contributed by atoms with E-state index in [1.54, 1.807) is 15.5 Å². The van der Waals surface area contributed by atoms with E-state index in [0.717, 1.165) is 23.2 Å². The van der Waals surface area contributed by atoms with Gasteiger partial charge in [-0.25, -0.2) is 4.98 Å². The Labute approximate surface area is 169 Å². The van der Waals surface area contributed by atoms with Crippen LogP contribution in [0.4, 0.5) is 5.69 Å². The molecule has 0 bridgehead atoms. The SMILES string of the molecule is CCc1cccc(C)c1NC(=O)c1nc(C(=O)N2CCOCC2)c2ccccn12. The van der Waals surface area contributed by atoms with Crippen molar-refractivity contribution < 1.29 is 14.3 Å². The molecule has 0 spiro atoms. The molecule has 3 heterocycles. The Morgan fingerprint density at radius 2 is 1.93 bits per heavy atom. The molecule has 0 unspecified atom stereocenters. The van der Waals surface area contributed by atoms with Crippen LogP contribution in [0.3, 0.4) is 0 Å². The second kappa shape index (κ2) is 8.05. The lowest BCUT2D eigenvalue weighted by Gasteiger charge is -2.26. The molecule has 1 fully saturated rings. The van der Waals surface area contributed by atoms with E-state index in [-0.39, 0.29) is 23.3 Å². The number of carbonyl (C=O) groups is 2. The molecule has 1 saturated heterocycles. The highest BCUT2D eigenvalue weighted by molar-refractivity contribution is 6.06. The van der Waals surface area contributed by atoms with E-state index >= 15 is 0 Å². The molecule has 0 aliphatic carbocycles. The van der Waals surface area contributed by atoms with Crippen LogP contribution in [0.5, 0.6) is 0 Å². The number of amides is 2. The molecule has 1 aromatic carbocycles. The van der Waals surface area contributed by atoms with Crippen molar-refractivity contribution in [1.29, 1.82) is 0 Å². The average molecular weight is 392 g/mol. The number of benzene rings is 1. The number of anilines is 1. The van der Waals surface area contributed by atoms with Gasteiger partial charge in [-0.3, -0.25) is 14.0 Å². The van der Waals surface area contributed by atoms with Crippen LogP contribution in [0, 0.1) is 6.92 Å². The van der Waals surface area contributed by atoms with Gasteiger partial charge in [0.1, 0.15) is 0 Å². The van der Waals surface area contributed by atoms with Gasteiger partial charge in [-0.05, 0) is 36.6 Å². The number of rotatable bonds is 4. The number of hydrogen-bond acceptors (Lipinski definition) is 4. The highest BCUT2D eigenvalue weighted by Gasteiger charge is 2.26. The normalized spacial score (nSPS) is 14.2. The van der Waals surface area contributed by atoms with E-state index in [9.17, 15) is 9.59 Å². The van der Waals surface area contributed by atoms with Gasteiger partial charge in [0, 0.05) is 25.0 Å². The maximum Gasteiger partial charge on any atom is 0.292 e. The van der Waals surface area contributed by atoms with Crippen LogP contribution < -0.4 is 5.32 Å². The van der Waals surface area contributed by atoms with E-state index in [1.807, 2.05) is 43.3 Å². The van der Waals surface area contributed by atoms with Crippen molar-refractivity contribution in [3.8, 4) is 0 Å². The molecular formula is C22H24N4O3. The van der Waals surface area contributed by atoms with E-state index in [4.69, 9.17) is 4.74 Å². The van der Waals surface area contributed by atoms with Gasteiger partial charge in [0.2, 0.25) is 5.82 Å². The Morgan fingerprint density at radius 1 is 1.14 bits per heavy atom. The molecule has 7 nitrogen and oxygen atoms in total. The number of pyridine rings is 1. The van der Waals surface area contributed by atoms with Crippen molar-refractivity contribution in [1.82, 2.24) is 14.3 Å². The van der Waals surface area contributed by atoms with Gasteiger partial charge in [-0.1, -0.05) is 31.2 Å². The lowest BCUT2D eigenvalue weighted by atomic mass is 10.1. The Hall–Kier alpha value is -3.19. The maximum absolute atomic E-state index is 13.1. The first kappa shape index (κ1) is 19.1. The van der Waals surface area contributed by atoms with Gasteiger partial charge in [0.15, 0.2) is 5.69 Å². The van der Waals surface area contributed by atoms with Crippen molar-refractivity contribution in [3.63, 3.8) is 0 Å². The van der Waals surface area contributed by atoms with Gasteiger partial charge in [0.25, 0.3) is 11.8 Å². The fraction of sp³-hybridized carbons (Fsp3) is 0.318. The quantitative estimate of drug-likeness (QED) is 0.741. The number of fused-ring (bicyclic) bond motifs is 1. The number of hydrogen-bond donors (Lipinski definition) is 1. The number of imidazole rings is 1. The number of nitrogens with zero attached hydrogens (tertiary/aromatic N) is 3. The van der Waals surface area contributed by atoms with Gasteiger partial charge in [-0.2, -0.15) is 0 Å². The largest absolute Gasteiger partial charge is 0.378 e. The van der Waals surface area contributed by atoms with Crippen molar-refractivity contribution in [2.75, 3.05) is 31.6 Å². The summed E-state index contributed by atoms with van der Waals surface area (Å²) in [6, 6.07) is 11.4. The van der Waals surface area contributed by atoms with Crippen LogP contribution in [0.25, 0.3) is 5.52 Å². The van der Waals surface area contributed by atoms with Gasteiger partial charge >= 0.3 is 0 Å². The van der Waals surface area contributed by atoms with Crippen LogP contribution in [0.1, 0.15) is 39.2 Å². The molecule has 1 aliphatic rings. The fourth-order valence-electron chi connectivity index (χ4n) is 3.64. The predicted octanol–water partition coefficient (Wildman–Crippen LogP) is 2.93. The highest BCUT2D eigenvalue weighted by atomic mass is 16.5. The number of carbonyl (C=O) groups excluding carboxylic acids is 2. The van der Waals surface area contributed by atoms with Crippen LogP contribution >= 0.6 is 0 Å². The molecule has 2 aromatic heterocycles. The van der Waals surface area contributed by atoms with Gasteiger partial charge < -0.3 is 15.0 Å². The third kappa shape index (κ3) is 3.61. The smallest absolute Gasteiger partial charge is 0.292 e. The summed E-state index contributed by atoms with van der Waals surface area (Å²) in [5.41, 5.74) is 3.76. The lowest BCUT2D eigenvalue weighted by Crippen LogP contribution is -2.40. The molecule has 0 saturated carbocycles. The van der Waals surface area contributed by atoms with Gasteiger partial charge in [0.05, 0.1) is 18.7 Å². The second-order valence-electron chi connectivity index (χ2n) is 7.06. The molecule has 0 atom stereocenters. The minimum absolute atomic E-state index is 0.179. The summed E-state index contributed by atoms with van der Waals surface area (Å²) in [4.78, 5) is 32.3. The van der Waals surface area contributed by atoms with E-state index in [1.165, 1.54) is 0 Å². The topological polar surface area (TPSA) is 75.9 Å². The van der Waals surface area contributed by atoms with Crippen LogP contribution in [0.2, 0.25) is 0 Å². The number of morpholine rings is 1. The minimum atomic E-state index is -0.337. The Bertz CT molecular complexity index is 1070. The molecule has 29 heavy (non-hydrogen) atoms. The summed E-state index contributed by atoms with van der Waals surface area (Å²) < 4.78 is 7.01. The van der Waals surface area contributed by atoms with E-state index in [0.29, 0.717) is 31.8 Å². The number of aryl methyl sites for hydroxylation is 2. The average Bonchev–Trinajstić information content (AvgIpc) is 3.15. The lowest BCUT2D eigenvalue weighted by molar-refractivity contribution is 0.0300. The summed E-state index contributed by atoms with van der Waals surface area (Å²) in [6.45, 7) is 6.08. The molecule has 150 valence electrons. The Balaban J connectivity index is 1.71. The predicted molar refractivity (Wildman–Crippen MR) is 110 cm³/mol. The molecule has 1 N–H and O–H groups in total. The van der Waals surface area contributed by atoms with Crippen molar-refractivity contribution in [2.24, 2.45) is 0 Å². The fourth-order valence-corrected chi connectivity index (χ4v) is 3.64. The first-order valence-electron chi connectivity index (χ1n) is 9.84. The summed E-state index contributed by atoms with van der Waals surface area (Å²) in [7, 11) is 0. The van der Waals surface area contributed by atoms with Crippen molar-refractivity contribution >= 4 is 23.0 Å². The molecular weight excluding hydrogens is 368 g/mol. The minimum Gasteiger partial charge on any atom is -0.378 e. The maximum atomic E-state index is 13.1. The van der Waals surface area contributed by atoms with E-state index in [2.05, 4.69) is 17.2 Å². The Kier molecular flexibility index (Phi) is 5.31. The number of ether oxygens (including phenoxy) is 1. The molecule has 2 amide bonds. The van der Waals surface area contributed by atoms with Crippen molar-refractivity contribution in [2.45, 2.75) is 20.3 Å². The second-order valence-corrected chi connectivity index (χ2v) is 7.06. The molecule has 4 rings (SSSR count). The summed E-state index contributed by atoms with van der Waals surface area (Å²) >= 11 is 0. The molecule has 3 aromatic rings. The van der Waals surface area contributed by atoms with Gasteiger partial charge in [-0.15, -0.1) is 0 Å². The number of aromatic nitrogens is 2. The zero-order valence-electron chi connectivity index (χ0n) is 16.6. The zero-order chi connectivity index (χ0) is 20.4.